The van der Waals surface area contributed by atoms with Gasteiger partial charge in [-0.05, 0) is 24.6 Å². The number of nitrogen functional groups attached to an aromatic ring is 1. The molecule has 5 nitrogen and oxygen atoms in total. The maximum atomic E-state index is 11.3. The summed E-state index contributed by atoms with van der Waals surface area (Å²) in [7, 11) is 1.53. The number of carbonyl (C=O) groups excluding carboxylic acids is 1. The highest BCUT2D eigenvalue weighted by molar-refractivity contribution is 5.94. The number of rotatable bonds is 5. The predicted octanol–water partition coefficient (Wildman–Crippen LogP) is 1.09. The highest BCUT2D eigenvalue weighted by Gasteiger charge is 2.09. The summed E-state index contributed by atoms with van der Waals surface area (Å²) in [6.07, 6.45) is 0.911. The van der Waals surface area contributed by atoms with Crippen LogP contribution >= 0.6 is 0 Å². The van der Waals surface area contributed by atoms with Crippen molar-refractivity contribution in [2.24, 2.45) is 5.84 Å². The molecular weight excluding hydrogens is 208 g/mol. The van der Waals surface area contributed by atoms with Crippen LogP contribution in [-0.2, 0) is 0 Å². The van der Waals surface area contributed by atoms with Gasteiger partial charge < -0.3 is 9.47 Å². The van der Waals surface area contributed by atoms with E-state index in [0.29, 0.717) is 23.7 Å². The van der Waals surface area contributed by atoms with Gasteiger partial charge in [-0.3, -0.25) is 10.2 Å². The monoisotopic (exact) mass is 224 g/mol. The number of ether oxygens (including phenoxy) is 2. The molecule has 0 bridgehead atoms. The topological polar surface area (TPSA) is 73.6 Å². The summed E-state index contributed by atoms with van der Waals surface area (Å²) in [5.41, 5.74) is 2.49. The molecule has 1 aromatic carbocycles. The first-order valence-electron chi connectivity index (χ1n) is 5.04. The smallest absolute Gasteiger partial charge is 0.265 e. The zero-order valence-corrected chi connectivity index (χ0v) is 9.45. The Morgan fingerprint density at radius 3 is 2.75 bits per heavy atom. The number of nitrogens with one attached hydrogen (secondary N) is 1. The molecule has 3 N–H and O–H groups in total. The molecule has 5 heteroatoms. The van der Waals surface area contributed by atoms with Crippen molar-refractivity contribution in [3.05, 3.63) is 23.8 Å². The first-order valence-corrected chi connectivity index (χ1v) is 5.04. The third kappa shape index (κ3) is 2.87. The molecule has 0 fully saturated rings. The van der Waals surface area contributed by atoms with Crippen molar-refractivity contribution >= 4 is 5.91 Å². The van der Waals surface area contributed by atoms with Crippen molar-refractivity contribution < 1.29 is 14.3 Å². The average Bonchev–Trinajstić information content (AvgIpc) is 2.35. The van der Waals surface area contributed by atoms with Crippen LogP contribution in [0, 0.1) is 0 Å². The van der Waals surface area contributed by atoms with E-state index in [9.17, 15) is 4.79 Å². The molecule has 0 aliphatic carbocycles. The summed E-state index contributed by atoms with van der Waals surface area (Å²) in [5, 5.41) is 0. The van der Waals surface area contributed by atoms with Gasteiger partial charge in [-0.15, -0.1) is 0 Å². The lowest BCUT2D eigenvalue weighted by Crippen LogP contribution is -2.29. The summed E-state index contributed by atoms with van der Waals surface area (Å²) in [5.74, 6) is 5.83. The van der Waals surface area contributed by atoms with E-state index in [-0.39, 0.29) is 5.91 Å². The largest absolute Gasteiger partial charge is 0.493 e. The zero-order valence-electron chi connectivity index (χ0n) is 9.45. The molecule has 0 aliphatic heterocycles. The van der Waals surface area contributed by atoms with Crippen LogP contribution < -0.4 is 20.7 Å². The van der Waals surface area contributed by atoms with E-state index in [4.69, 9.17) is 15.3 Å². The van der Waals surface area contributed by atoms with E-state index < -0.39 is 0 Å². The highest BCUT2D eigenvalue weighted by atomic mass is 16.5. The summed E-state index contributed by atoms with van der Waals surface area (Å²) in [6, 6.07) is 4.92. The quantitative estimate of drug-likeness (QED) is 0.446. The van der Waals surface area contributed by atoms with Gasteiger partial charge in [0.1, 0.15) is 0 Å². The van der Waals surface area contributed by atoms with E-state index >= 15 is 0 Å². The third-order valence-corrected chi connectivity index (χ3v) is 2.02. The van der Waals surface area contributed by atoms with Crippen LogP contribution in [-0.4, -0.2) is 19.6 Å². The second-order valence-corrected chi connectivity index (χ2v) is 3.19. The Balaban J connectivity index is 2.92. The molecule has 1 aromatic rings. The van der Waals surface area contributed by atoms with E-state index in [1.54, 1.807) is 18.2 Å². The number of benzene rings is 1. The summed E-state index contributed by atoms with van der Waals surface area (Å²) in [4.78, 5) is 11.3. The van der Waals surface area contributed by atoms with Gasteiger partial charge in [-0.1, -0.05) is 6.92 Å². The minimum atomic E-state index is -0.361. The normalized spacial score (nSPS) is 9.69. The predicted molar refractivity (Wildman–Crippen MR) is 60.4 cm³/mol. The molecule has 16 heavy (non-hydrogen) atoms. The molecule has 1 amide bonds. The van der Waals surface area contributed by atoms with Crippen molar-refractivity contribution in [1.82, 2.24) is 5.43 Å². The molecular formula is C11H16N2O3. The molecule has 0 saturated heterocycles. The molecule has 0 saturated carbocycles. The van der Waals surface area contributed by atoms with Gasteiger partial charge in [0.15, 0.2) is 11.5 Å². The molecule has 0 aliphatic rings. The Morgan fingerprint density at radius 2 is 2.19 bits per heavy atom. The maximum Gasteiger partial charge on any atom is 0.265 e. The van der Waals surface area contributed by atoms with Gasteiger partial charge >= 0.3 is 0 Å². The van der Waals surface area contributed by atoms with Crippen LogP contribution in [0.1, 0.15) is 23.7 Å². The van der Waals surface area contributed by atoms with E-state index in [1.807, 2.05) is 6.92 Å². The van der Waals surface area contributed by atoms with Gasteiger partial charge in [0.05, 0.1) is 13.7 Å². The number of hydrogen-bond acceptors (Lipinski definition) is 4. The second kappa shape index (κ2) is 5.97. The minimum Gasteiger partial charge on any atom is -0.493 e. The molecule has 1 rings (SSSR count). The second-order valence-electron chi connectivity index (χ2n) is 3.19. The number of hydrogen-bond donors (Lipinski definition) is 2. The Labute approximate surface area is 94.5 Å². The van der Waals surface area contributed by atoms with Crippen LogP contribution in [0.3, 0.4) is 0 Å². The summed E-state index contributed by atoms with van der Waals surface area (Å²) < 4.78 is 10.6. The van der Waals surface area contributed by atoms with Crippen molar-refractivity contribution in [3.63, 3.8) is 0 Å². The Hall–Kier alpha value is -1.75. The molecule has 0 spiro atoms. The van der Waals surface area contributed by atoms with Crippen LogP contribution in [0.5, 0.6) is 11.5 Å². The van der Waals surface area contributed by atoms with E-state index in [0.717, 1.165) is 6.42 Å². The number of nitrogens with two attached hydrogens (primary N) is 1. The molecule has 0 heterocycles. The number of amides is 1. The first kappa shape index (κ1) is 12.3. The Bertz CT molecular complexity index is 366. The van der Waals surface area contributed by atoms with Crippen LogP contribution in [0.25, 0.3) is 0 Å². The molecule has 0 unspecified atom stereocenters. The van der Waals surface area contributed by atoms with E-state index in [1.165, 1.54) is 7.11 Å². The van der Waals surface area contributed by atoms with Crippen molar-refractivity contribution in [1.29, 1.82) is 0 Å². The van der Waals surface area contributed by atoms with Crippen molar-refractivity contribution in [2.75, 3.05) is 13.7 Å². The van der Waals surface area contributed by atoms with Gasteiger partial charge in [0.2, 0.25) is 0 Å². The summed E-state index contributed by atoms with van der Waals surface area (Å²) >= 11 is 0. The molecule has 0 atom stereocenters. The lowest BCUT2D eigenvalue weighted by Gasteiger charge is -2.10. The van der Waals surface area contributed by atoms with Crippen LogP contribution in [0.15, 0.2) is 18.2 Å². The summed E-state index contributed by atoms with van der Waals surface area (Å²) in [6.45, 7) is 2.63. The lowest BCUT2D eigenvalue weighted by atomic mass is 10.2. The van der Waals surface area contributed by atoms with Gasteiger partial charge in [-0.25, -0.2) is 5.84 Å². The highest BCUT2D eigenvalue weighted by Crippen LogP contribution is 2.28. The maximum absolute atomic E-state index is 11.3. The fourth-order valence-electron chi connectivity index (χ4n) is 1.22. The zero-order chi connectivity index (χ0) is 12.0. The van der Waals surface area contributed by atoms with E-state index in [2.05, 4.69) is 5.43 Å². The number of hydrazine groups is 1. The lowest BCUT2D eigenvalue weighted by molar-refractivity contribution is 0.0953. The van der Waals surface area contributed by atoms with Gasteiger partial charge in [0, 0.05) is 5.56 Å². The van der Waals surface area contributed by atoms with Gasteiger partial charge in [0.25, 0.3) is 5.91 Å². The van der Waals surface area contributed by atoms with Crippen molar-refractivity contribution in [3.8, 4) is 11.5 Å². The molecule has 0 aromatic heterocycles. The third-order valence-electron chi connectivity index (χ3n) is 2.02. The number of carbonyl (C=O) groups is 1. The fourth-order valence-corrected chi connectivity index (χ4v) is 1.22. The SMILES string of the molecule is CCCOc1ccc(C(=O)NN)cc1OC. The van der Waals surface area contributed by atoms with Gasteiger partial charge in [-0.2, -0.15) is 0 Å². The average molecular weight is 224 g/mol. The molecule has 0 radical (unpaired) electrons. The Kier molecular flexibility index (Phi) is 4.60. The Morgan fingerprint density at radius 1 is 1.44 bits per heavy atom. The standard InChI is InChI=1S/C11H16N2O3/c1-3-6-16-9-5-4-8(11(14)13-12)7-10(9)15-2/h4-5,7H,3,6,12H2,1-2H3,(H,13,14). The van der Waals surface area contributed by atoms with Crippen molar-refractivity contribution in [2.45, 2.75) is 13.3 Å². The number of methoxy groups -OCH3 is 1. The molecule has 88 valence electrons. The van der Waals surface area contributed by atoms with Crippen LogP contribution in [0.2, 0.25) is 0 Å². The first-order chi connectivity index (χ1) is 7.72. The fraction of sp³-hybridized carbons (Fsp3) is 0.364. The van der Waals surface area contributed by atoms with Crippen LogP contribution in [0.4, 0.5) is 0 Å². The minimum absolute atomic E-state index is 0.361.